The molecule has 0 amide bonds. The number of ether oxygens (including phenoxy) is 1. The monoisotopic (exact) mass is 398 g/mol. The molecule has 142 valence electrons. The number of hydrogen-bond donors (Lipinski definition) is 0. The minimum Gasteiger partial charge on any atom is -0.455 e. The lowest BCUT2D eigenvalue weighted by Gasteiger charge is -2.07. The number of rotatable bonds is 3. The average Bonchev–Trinajstić information content (AvgIpc) is 3.05. The number of fused-ring (bicyclic) bond motifs is 2. The molecule has 0 bridgehead atoms. The summed E-state index contributed by atoms with van der Waals surface area (Å²) in [7, 11) is 0. The van der Waals surface area contributed by atoms with E-state index < -0.39 is 11.6 Å². The van der Waals surface area contributed by atoms with Crippen molar-refractivity contribution in [1.82, 2.24) is 19.6 Å². The molecule has 4 rings (SSSR count). The Hall–Kier alpha value is -3.26. The van der Waals surface area contributed by atoms with Gasteiger partial charge in [-0.15, -0.1) is 5.10 Å². The average molecular weight is 399 g/mol. The van der Waals surface area contributed by atoms with Gasteiger partial charge in [0, 0.05) is 33.4 Å². The topological polar surface area (TPSA) is 99.6 Å². The second kappa shape index (κ2) is 6.72. The highest BCUT2D eigenvalue weighted by atomic mass is 35.5. The molecule has 0 spiro atoms. The third kappa shape index (κ3) is 3.22. The van der Waals surface area contributed by atoms with Crippen LogP contribution in [-0.4, -0.2) is 25.6 Å². The van der Waals surface area contributed by atoms with Crippen LogP contribution in [-0.2, 0) is 11.3 Å². The molecule has 0 aliphatic rings. The van der Waals surface area contributed by atoms with Crippen molar-refractivity contribution in [3.63, 3.8) is 0 Å². The van der Waals surface area contributed by atoms with E-state index in [0.29, 0.717) is 27.3 Å². The summed E-state index contributed by atoms with van der Waals surface area (Å²) in [5, 5.41) is 5.26. The maximum atomic E-state index is 12.4. The van der Waals surface area contributed by atoms with E-state index in [1.807, 2.05) is 19.9 Å². The molecular weight excluding hydrogens is 384 g/mol. The molecule has 0 unspecified atom stereocenters. The van der Waals surface area contributed by atoms with Crippen LogP contribution in [0.15, 0.2) is 33.5 Å². The molecule has 8 nitrogen and oxygen atoms in total. The molecule has 0 radical (unpaired) electrons. The number of aromatic nitrogens is 4. The van der Waals surface area contributed by atoms with Crippen molar-refractivity contribution in [3.8, 4) is 0 Å². The molecule has 0 saturated carbocycles. The summed E-state index contributed by atoms with van der Waals surface area (Å²) >= 11 is 6.17. The summed E-state index contributed by atoms with van der Waals surface area (Å²) in [5.41, 5.74) is 2.66. The molecule has 4 aromatic rings. The lowest BCUT2D eigenvalue weighted by molar-refractivity contribution is 0.0459. The first kappa shape index (κ1) is 18.1. The third-order valence-corrected chi connectivity index (χ3v) is 4.68. The maximum absolute atomic E-state index is 12.4. The minimum absolute atomic E-state index is 0.109. The van der Waals surface area contributed by atoms with Crippen LogP contribution in [0.4, 0.5) is 0 Å². The number of aryl methyl sites for hydroxylation is 3. The van der Waals surface area contributed by atoms with Gasteiger partial charge in [-0.05, 0) is 44.5 Å². The smallest absolute Gasteiger partial charge is 0.378 e. The summed E-state index contributed by atoms with van der Waals surface area (Å²) < 4.78 is 12.0. The normalized spacial score (nSPS) is 11.3. The molecular formula is C19H15ClN4O4. The maximum Gasteiger partial charge on any atom is 0.378 e. The van der Waals surface area contributed by atoms with Gasteiger partial charge in [0.2, 0.25) is 0 Å². The van der Waals surface area contributed by atoms with Crippen molar-refractivity contribution < 1.29 is 13.9 Å². The largest absolute Gasteiger partial charge is 0.455 e. The van der Waals surface area contributed by atoms with Gasteiger partial charge in [-0.3, -0.25) is 0 Å². The minimum atomic E-state index is -0.720. The Morgan fingerprint density at radius 2 is 1.96 bits per heavy atom. The highest BCUT2D eigenvalue weighted by molar-refractivity contribution is 6.32. The third-order valence-electron chi connectivity index (χ3n) is 4.27. The fourth-order valence-corrected chi connectivity index (χ4v) is 3.09. The number of halogens is 1. The lowest BCUT2D eigenvalue weighted by atomic mass is 10.1. The van der Waals surface area contributed by atoms with Crippen molar-refractivity contribution in [2.45, 2.75) is 27.4 Å². The number of benzene rings is 1. The first-order valence-corrected chi connectivity index (χ1v) is 8.80. The predicted molar refractivity (Wildman–Crippen MR) is 102 cm³/mol. The van der Waals surface area contributed by atoms with E-state index in [0.717, 1.165) is 17.0 Å². The molecule has 0 aliphatic carbocycles. The molecule has 0 saturated heterocycles. The van der Waals surface area contributed by atoms with Crippen LogP contribution in [0.2, 0.25) is 5.02 Å². The second-order valence-corrected chi connectivity index (χ2v) is 6.86. The Morgan fingerprint density at radius 3 is 2.75 bits per heavy atom. The number of hydrogen-bond acceptors (Lipinski definition) is 7. The SMILES string of the molecule is Cc1cc(C)n2nc(C(=O)OCc3cc(=O)oc4cc(C)c(Cl)cc34)nc2n1. The quantitative estimate of drug-likeness (QED) is 0.386. The van der Waals surface area contributed by atoms with Crippen LogP contribution in [0.3, 0.4) is 0 Å². The van der Waals surface area contributed by atoms with Crippen LogP contribution >= 0.6 is 11.6 Å². The van der Waals surface area contributed by atoms with Gasteiger partial charge in [0.05, 0.1) is 0 Å². The van der Waals surface area contributed by atoms with Crippen molar-refractivity contribution in [1.29, 1.82) is 0 Å². The zero-order chi connectivity index (χ0) is 20.0. The molecule has 9 heteroatoms. The summed E-state index contributed by atoms with van der Waals surface area (Å²) in [6.07, 6.45) is 0. The van der Waals surface area contributed by atoms with Gasteiger partial charge in [-0.25, -0.2) is 19.1 Å². The number of esters is 1. The van der Waals surface area contributed by atoms with Crippen LogP contribution < -0.4 is 5.63 Å². The molecule has 1 aromatic carbocycles. The number of carbonyl (C=O) groups excluding carboxylic acids is 1. The Kier molecular flexibility index (Phi) is 4.35. The van der Waals surface area contributed by atoms with Gasteiger partial charge in [-0.1, -0.05) is 11.6 Å². The first-order valence-electron chi connectivity index (χ1n) is 8.43. The number of carbonyl (C=O) groups is 1. The molecule has 28 heavy (non-hydrogen) atoms. The molecule has 0 aliphatic heterocycles. The van der Waals surface area contributed by atoms with Crippen LogP contribution in [0, 0.1) is 20.8 Å². The van der Waals surface area contributed by atoms with E-state index in [1.165, 1.54) is 10.6 Å². The predicted octanol–water partition coefficient (Wildman–Crippen LogP) is 3.17. The van der Waals surface area contributed by atoms with Crippen molar-refractivity contribution in [2.75, 3.05) is 0 Å². The highest BCUT2D eigenvalue weighted by Crippen LogP contribution is 2.25. The Morgan fingerprint density at radius 1 is 1.18 bits per heavy atom. The fourth-order valence-electron chi connectivity index (χ4n) is 2.93. The van der Waals surface area contributed by atoms with Gasteiger partial charge >= 0.3 is 11.6 Å². The summed E-state index contributed by atoms with van der Waals surface area (Å²) in [5.74, 6) is -0.512. The van der Waals surface area contributed by atoms with E-state index in [9.17, 15) is 9.59 Å². The molecule has 0 fully saturated rings. The van der Waals surface area contributed by atoms with Gasteiger partial charge < -0.3 is 9.15 Å². The Bertz CT molecular complexity index is 1310. The van der Waals surface area contributed by atoms with Crippen LogP contribution in [0.1, 0.15) is 33.1 Å². The second-order valence-electron chi connectivity index (χ2n) is 6.45. The molecule has 3 aromatic heterocycles. The molecule has 3 heterocycles. The van der Waals surface area contributed by atoms with E-state index in [4.69, 9.17) is 20.8 Å². The molecule has 0 atom stereocenters. The molecule has 0 N–H and O–H groups in total. The Balaban J connectivity index is 1.64. The van der Waals surface area contributed by atoms with Gasteiger partial charge in [0.1, 0.15) is 12.2 Å². The standard InChI is InChI=1S/C19H15ClN4O4/c1-9-4-15-13(7-14(9)20)12(6-16(25)28-15)8-27-18(26)17-22-19-21-10(2)5-11(3)24(19)23-17/h4-7H,8H2,1-3H3. The van der Waals surface area contributed by atoms with E-state index in [-0.39, 0.29) is 12.4 Å². The van der Waals surface area contributed by atoms with Gasteiger partial charge in [0.15, 0.2) is 0 Å². The van der Waals surface area contributed by atoms with E-state index in [1.54, 1.807) is 19.1 Å². The zero-order valence-electron chi connectivity index (χ0n) is 15.3. The summed E-state index contributed by atoms with van der Waals surface area (Å²) in [6.45, 7) is 5.33. The zero-order valence-corrected chi connectivity index (χ0v) is 16.1. The van der Waals surface area contributed by atoms with E-state index in [2.05, 4.69) is 15.1 Å². The van der Waals surface area contributed by atoms with Crippen LogP contribution in [0.25, 0.3) is 16.7 Å². The highest BCUT2D eigenvalue weighted by Gasteiger charge is 2.18. The fraction of sp³-hybridized carbons (Fsp3) is 0.211. The van der Waals surface area contributed by atoms with Gasteiger partial charge in [0.25, 0.3) is 11.6 Å². The van der Waals surface area contributed by atoms with Crippen LogP contribution in [0.5, 0.6) is 0 Å². The van der Waals surface area contributed by atoms with Crippen molar-refractivity contribution >= 4 is 34.3 Å². The number of nitrogens with zero attached hydrogens (tertiary/aromatic N) is 4. The summed E-state index contributed by atoms with van der Waals surface area (Å²) in [6, 6.07) is 6.45. The van der Waals surface area contributed by atoms with Crippen molar-refractivity contribution in [3.05, 3.63) is 68.0 Å². The van der Waals surface area contributed by atoms with Gasteiger partial charge in [-0.2, -0.15) is 4.98 Å². The van der Waals surface area contributed by atoms with Crippen molar-refractivity contribution in [2.24, 2.45) is 0 Å². The Labute approximate surface area is 163 Å². The summed E-state index contributed by atoms with van der Waals surface area (Å²) in [4.78, 5) is 32.6. The first-order chi connectivity index (χ1) is 13.3. The van der Waals surface area contributed by atoms with E-state index >= 15 is 0 Å². The lowest BCUT2D eigenvalue weighted by Crippen LogP contribution is -2.10.